The molecule has 3 aliphatic heterocycles. The van der Waals surface area contributed by atoms with Crippen LogP contribution in [0, 0.1) is 6.92 Å². The molecule has 1 N–H and O–H groups in total. The third-order valence-electron chi connectivity index (χ3n) is 5.09. The first kappa shape index (κ1) is 12.5. The van der Waals surface area contributed by atoms with E-state index in [2.05, 4.69) is 15.2 Å². The highest BCUT2D eigenvalue weighted by atomic mass is 16.6. The van der Waals surface area contributed by atoms with Gasteiger partial charge < -0.3 is 24.4 Å². The van der Waals surface area contributed by atoms with Gasteiger partial charge in [-0.15, -0.1) is 0 Å². The molecule has 0 bridgehead atoms. The summed E-state index contributed by atoms with van der Waals surface area (Å²) >= 11 is 0. The highest BCUT2D eigenvalue weighted by molar-refractivity contribution is 5.98. The number of aromatic nitrogens is 1. The number of carbonyl (C=O) groups is 1. The molecule has 0 spiro atoms. The van der Waals surface area contributed by atoms with Gasteiger partial charge in [-0.05, 0) is 30.7 Å². The molecule has 146 valence electrons. The van der Waals surface area contributed by atoms with Crippen molar-refractivity contribution in [3.05, 3.63) is 41.1 Å². The molecule has 1 saturated heterocycles. The Morgan fingerprint density at radius 2 is 2.04 bits per heavy atom. The maximum atomic E-state index is 11.9. The number of pyridine rings is 1. The fraction of sp³-hybridized carbons (Fsp3) is 0.429. The van der Waals surface area contributed by atoms with Gasteiger partial charge in [-0.3, -0.25) is 4.79 Å². The minimum absolute atomic E-state index is 0.0229. The number of fused-ring (bicyclic) bond motifs is 2. The number of hydrogen-bond donors (Lipinski definition) is 1. The first-order valence-electron chi connectivity index (χ1n) is 11.7. The minimum Gasteiger partial charge on any atom is -0.490 e. The summed E-state index contributed by atoms with van der Waals surface area (Å²) in [7, 11) is 0. The summed E-state index contributed by atoms with van der Waals surface area (Å²) < 4.78 is 55.8. The van der Waals surface area contributed by atoms with Crippen molar-refractivity contribution in [3.63, 3.8) is 0 Å². The van der Waals surface area contributed by atoms with E-state index in [4.69, 9.17) is 21.1 Å². The molecular formula is C21H23N3O4. The molecule has 0 saturated carbocycles. The number of rotatable bonds is 3. The third-order valence-corrected chi connectivity index (χ3v) is 5.09. The van der Waals surface area contributed by atoms with Crippen molar-refractivity contribution in [2.24, 2.45) is 0 Å². The number of ether oxygens (including phenoxy) is 3. The number of amides is 1. The molecule has 3 aliphatic rings. The lowest BCUT2D eigenvalue weighted by Gasteiger charge is -2.34. The zero-order valence-electron chi connectivity index (χ0n) is 20.4. The molecule has 28 heavy (non-hydrogen) atoms. The van der Waals surface area contributed by atoms with E-state index in [0.29, 0.717) is 43.8 Å². The molecule has 0 atom stereocenters. The molecule has 4 heterocycles. The molecule has 2 aromatic rings. The predicted octanol–water partition coefficient (Wildman–Crippen LogP) is 2.45. The van der Waals surface area contributed by atoms with E-state index in [1.54, 1.807) is 6.07 Å². The number of nitrogens with one attached hydrogen (secondary N) is 1. The zero-order chi connectivity index (χ0) is 23.6. The van der Waals surface area contributed by atoms with Gasteiger partial charge in [0.1, 0.15) is 30.8 Å². The van der Waals surface area contributed by atoms with Crippen molar-refractivity contribution in [2.45, 2.75) is 32.4 Å². The van der Waals surface area contributed by atoms with E-state index in [1.165, 1.54) is 12.1 Å². The Morgan fingerprint density at radius 1 is 1.25 bits per heavy atom. The largest absolute Gasteiger partial charge is 0.490 e. The first-order valence-corrected chi connectivity index (χ1v) is 9.21. The van der Waals surface area contributed by atoms with Gasteiger partial charge in [0.25, 0.3) is 5.91 Å². The number of carbonyl (C=O) groups excluding carboxylic acids is 1. The third kappa shape index (κ3) is 3.10. The van der Waals surface area contributed by atoms with Gasteiger partial charge in [-0.1, -0.05) is 0 Å². The Labute approximate surface area is 170 Å². The summed E-state index contributed by atoms with van der Waals surface area (Å²) in [4.78, 5) is 18.6. The number of nitrogens with zero attached hydrogens (tertiary/aromatic N) is 2. The number of hydrogen-bond acceptors (Lipinski definition) is 6. The standard InChI is InChI=1S/C21H23N3O4/c1-13-10-16-17(12-22-21(16)25)23-20(13)24-6-4-14(5-7-24)28-15-2-3-18-19(11-15)27-9-8-26-18/h2-3,10-11,14H,4-9,12H2,1H3,(H,22,25)/i8D2,9D2,14D. The van der Waals surface area contributed by atoms with Crippen molar-refractivity contribution in [2.75, 3.05) is 31.1 Å². The van der Waals surface area contributed by atoms with Crippen LogP contribution >= 0.6 is 0 Å². The molecule has 0 unspecified atom stereocenters. The fourth-order valence-corrected chi connectivity index (χ4v) is 3.66. The monoisotopic (exact) mass is 386 g/mol. The van der Waals surface area contributed by atoms with Crippen LogP contribution in [0.2, 0.25) is 0 Å². The van der Waals surface area contributed by atoms with Gasteiger partial charge in [0.2, 0.25) is 0 Å². The molecule has 0 radical (unpaired) electrons. The van der Waals surface area contributed by atoms with E-state index in [0.717, 1.165) is 17.1 Å². The Hall–Kier alpha value is -2.96. The second kappa shape index (κ2) is 6.89. The maximum absolute atomic E-state index is 11.9. The lowest BCUT2D eigenvalue weighted by Crippen LogP contribution is -2.39. The average Bonchev–Trinajstić information content (AvgIpc) is 3.08. The average molecular weight is 386 g/mol. The van der Waals surface area contributed by atoms with Gasteiger partial charge in [0.15, 0.2) is 11.5 Å². The number of benzene rings is 1. The van der Waals surface area contributed by atoms with E-state index in [1.807, 2.05) is 13.0 Å². The second-order valence-corrected chi connectivity index (χ2v) is 6.95. The molecule has 0 aliphatic carbocycles. The molecule has 7 nitrogen and oxygen atoms in total. The fourth-order valence-electron chi connectivity index (χ4n) is 3.66. The van der Waals surface area contributed by atoms with Gasteiger partial charge in [0, 0.05) is 32.0 Å². The number of piperidine rings is 1. The van der Waals surface area contributed by atoms with Crippen LogP contribution in [0.15, 0.2) is 24.3 Å². The Kier molecular flexibility index (Phi) is 3.07. The maximum Gasteiger partial charge on any atom is 0.253 e. The van der Waals surface area contributed by atoms with Gasteiger partial charge in [-0.25, -0.2) is 4.98 Å². The van der Waals surface area contributed by atoms with Crippen LogP contribution in [0.25, 0.3) is 0 Å². The van der Waals surface area contributed by atoms with E-state index in [-0.39, 0.29) is 17.4 Å². The summed E-state index contributed by atoms with van der Waals surface area (Å²) in [5.41, 5.74) is 2.26. The van der Waals surface area contributed by atoms with Crippen molar-refractivity contribution < 1.29 is 25.9 Å². The van der Waals surface area contributed by atoms with Gasteiger partial charge in [0.05, 0.1) is 24.7 Å². The lowest BCUT2D eigenvalue weighted by molar-refractivity contribution is 0.0965. The van der Waals surface area contributed by atoms with Gasteiger partial charge >= 0.3 is 0 Å². The lowest BCUT2D eigenvalue weighted by atomic mass is 10.1. The van der Waals surface area contributed by atoms with Crippen LogP contribution < -0.4 is 24.4 Å². The highest BCUT2D eigenvalue weighted by Crippen LogP contribution is 2.35. The van der Waals surface area contributed by atoms with Crippen LogP contribution in [0.4, 0.5) is 5.82 Å². The summed E-state index contributed by atoms with van der Waals surface area (Å²) in [6.45, 7) is -1.86. The summed E-state index contributed by atoms with van der Waals surface area (Å²) in [5, 5.41) is 2.78. The van der Waals surface area contributed by atoms with Gasteiger partial charge in [-0.2, -0.15) is 0 Å². The normalized spacial score (nSPS) is 26.0. The topological polar surface area (TPSA) is 72.9 Å². The Morgan fingerprint density at radius 3 is 2.86 bits per heavy atom. The molecule has 1 fully saturated rings. The molecule has 1 aromatic heterocycles. The summed E-state index contributed by atoms with van der Waals surface area (Å²) in [5.74, 6) is 1.11. The molecule has 1 amide bonds. The molecule has 5 rings (SSSR count). The van der Waals surface area contributed by atoms with Crippen LogP contribution in [-0.2, 0) is 6.54 Å². The Bertz CT molecular complexity index is 1140. The Balaban J connectivity index is 1.28. The first-order chi connectivity index (χ1) is 15.5. The van der Waals surface area contributed by atoms with Crippen molar-refractivity contribution in [3.8, 4) is 17.2 Å². The molecule has 1 aromatic carbocycles. The molecular weight excluding hydrogens is 358 g/mol. The zero-order valence-corrected chi connectivity index (χ0v) is 15.4. The SMILES string of the molecule is [2H]C1(Oc2ccc3c(c2)OC([2H])([2H])C([2H])([2H])O3)CCN(c2nc3c(cc2C)C(=O)NC3)CC1. The minimum atomic E-state index is -2.66. The van der Waals surface area contributed by atoms with Crippen molar-refractivity contribution in [1.29, 1.82) is 0 Å². The molecule has 7 heteroatoms. The summed E-state index contributed by atoms with van der Waals surface area (Å²) in [6.07, 6.45) is -0.392. The van der Waals surface area contributed by atoms with Crippen LogP contribution in [0.5, 0.6) is 17.2 Å². The van der Waals surface area contributed by atoms with Crippen molar-refractivity contribution >= 4 is 11.7 Å². The predicted molar refractivity (Wildman–Crippen MR) is 103 cm³/mol. The number of anilines is 1. The van der Waals surface area contributed by atoms with E-state index in [9.17, 15) is 4.79 Å². The highest BCUT2D eigenvalue weighted by Gasteiger charge is 2.27. The van der Waals surface area contributed by atoms with Crippen LogP contribution in [0.3, 0.4) is 0 Å². The number of aryl methyl sites for hydroxylation is 1. The smallest absolute Gasteiger partial charge is 0.253 e. The second-order valence-electron chi connectivity index (χ2n) is 6.95. The van der Waals surface area contributed by atoms with Crippen molar-refractivity contribution in [1.82, 2.24) is 10.3 Å². The van der Waals surface area contributed by atoms with E-state index >= 15 is 0 Å². The van der Waals surface area contributed by atoms with E-state index < -0.39 is 19.2 Å². The summed E-state index contributed by atoms with van der Waals surface area (Å²) in [6, 6.07) is 6.28. The quantitative estimate of drug-likeness (QED) is 0.874. The van der Waals surface area contributed by atoms with Crippen LogP contribution in [-0.4, -0.2) is 43.2 Å². The van der Waals surface area contributed by atoms with Crippen LogP contribution in [0.1, 0.15) is 41.3 Å².